The molecule has 2 heterocycles. The Hall–Kier alpha value is -4.07. The van der Waals surface area contributed by atoms with Gasteiger partial charge in [-0.1, -0.05) is 24.3 Å². The number of benzene rings is 2. The van der Waals surface area contributed by atoms with Gasteiger partial charge in [-0.2, -0.15) is 31.4 Å². The van der Waals surface area contributed by atoms with E-state index >= 15 is 0 Å². The Morgan fingerprint density at radius 2 is 1.71 bits per heavy atom. The van der Waals surface area contributed by atoms with Crippen molar-refractivity contribution in [3.05, 3.63) is 81.5 Å². The molecule has 4 rings (SSSR count). The van der Waals surface area contributed by atoms with Crippen LogP contribution in [0.15, 0.2) is 42.5 Å². The lowest BCUT2D eigenvalue weighted by Crippen LogP contribution is -2.31. The average Bonchev–Trinajstić information content (AvgIpc) is 3.47. The average molecular weight is 585 g/mol. The molecule has 1 atom stereocenters. The van der Waals surface area contributed by atoms with Gasteiger partial charge in [0.1, 0.15) is 11.4 Å². The summed E-state index contributed by atoms with van der Waals surface area (Å²) < 4.78 is 84.1. The number of aryl methyl sites for hydroxylation is 1. The zero-order chi connectivity index (χ0) is 30.1. The van der Waals surface area contributed by atoms with Crippen molar-refractivity contribution in [3.8, 4) is 0 Å². The second kappa shape index (κ2) is 11.4. The Bertz CT molecular complexity index is 1430. The number of nitrogens with zero attached hydrogens (tertiary/aromatic N) is 3. The number of alkyl halides is 6. The predicted molar refractivity (Wildman–Crippen MR) is 134 cm³/mol. The maximum atomic E-state index is 14.0. The van der Waals surface area contributed by atoms with E-state index in [-0.39, 0.29) is 61.6 Å². The van der Waals surface area contributed by atoms with E-state index in [1.165, 1.54) is 48.2 Å². The summed E-state index contributed by atoms with van der Waals surface area (Å²) in [4.78, 5) is 25.7. The van der Waals surface area contributed by atoms with Crippen molar-refractivity contribution in [1.82, 2.24) is 15.1 Å². The second-order valence-electron chi connectivity index (χ2n) is 9.63. The van der Waals surface area contributed by atoms with Gasteiger partial charge in [0, 0.05) is 19.7 Å². The summed E-state index contributed by atoms with van der Waals surface area (Å²) in [5, 5.41) is 24.2. The molecule has 3 N–H and O–H groups in total. The lowest BCUT2D eigenvalue weighted by Gasteiger charge is -2.22. The summed E-state index contributed by atoms with van der Waals surface area (Å²) in [6.07, 6.45) is -9.53. The van der Waals surface area contributed by atoms with E-state index in [0.717, 1.165) is 10.7 Å². The minimum atomic E-state index is -4.99. The minimum absolute atomic E-state index is 0.00140. The van der Waals surface area contributed by atoms with Crippen LogP contribution in [-0.4, -0.2) is 45.0 Å². The van der Waals surface area contributed by atoms with E-state index < -0.39 is 47.1 Å². The zero-order valence-electron chi connectivity index (χ0n) is 21.7. The number of aromatic carboxylic acids is 1. The number of fused-ring (bicyclic) bond motifs is 1. The number of carbonyl (C=O) groups excluding carboxylic acids is 1. The van der Waals surface area contributed by atoms with E-state index in [9.17, 15) is 35.9 Å². The molecule has 1 aliphatic heterocycles. The molecular formula is C27H26F6N4O4. The molecule has 0 spiro atoms. The number of carbonyl (C=O) groups is 2. The third-order valence-corrected chi connectivity index (χ3v) is 6.77. The zero-order valence-corrected chi connectivity index (χ0v) is 21.7. The summed E-state index contributed by atoms with van der Waals surface area (Å²) in [5.41, 5.74) is -2.46. The summed E-state index contributed by atoms with van der Waals surface area (Å²) in [6.45, 7) is 1.12. The highest BCUT2D eigenvalue weighted by Gasteiger charge is 2.44. The molecule has 0 aliphatic carbocycles. The van der Waals surface area contributed by atoms with Crippen LogP contribution in [0.1, 0.15) is 68.1 Å². The molecule has 1 aromatic heterocycles. The van der Waals surface area contributed by atoms with E-state index in [2.05, 4.69) is 10.4 Å². The number of halogens is 6. The van der Waals surface area contributed by atoms with Gasteiger partial charge in [-0.15, -0.1) is 0 Å². The summed E-state index contributed by atoms with van der Waals surface area (Å²) >= 11 is 0. The molecule has 0 saturated heterocycles. The molecule has 0 bridgehead atoms. The van der Waals surface area contributed by atoms with Crippen LogP contribution in [0.25, 0.3) is 0 Å². The van der Waals surface area contributed by atoms with Crippen molar-refractivity contribution in [2.24, 2.45) is 0 Å². The monoisotopic (exact) mass is 584 g/mol. The molecule has 220 valence electrons. The van der Waals surface area contributed by atoms with Crippen LogP contribution >= 0.6 is 0 Å². The Balaban J connectivity index is 1.65. The normalized spacial score (nSPS) is 14.2. The molecular weight excluding hydrogens is 558 g/mol. The Morgan fingerprint density at radius 3 is 2.29 bits per heavy atom. The maximum absolute atomic E-state index is 14.0. The summed E-state index contributed by atoms with van der Waals surface area (Å²) in [6, 6.07) is 8.29. The standard InChI is InChI=1S/C27H26F6N4O4/c1-15(17-6-8-19(9-7-17)25(40)41)34-23(39)21-22(27(31,32)33)35-37-11-10-36(24(21)37)14-16-4-5-18(3-2-12-38)20(13-16)26(28,29)30/h4-9,13,15,38H,2-3,10-12,14H2,1H3,(H,34,39)(H,40,41). The first-order chi connectivity index (χ1) is 19.2. The molecule has 0 radical (unpaired) electrons. The molecule has 1 aliphatic rings. The van der Waals surface area contributed by atoms with E-state index in [1.807, 2.05) is 0 Å². The number of aliphatic hydroxyl groups excluding tert-OH is 1. The fourth-order valence-electron chi connectivity index (χ4n) is 4.77. The SMILES string of the molecule is CC(NC(=O)c1c(C(F)(F)F)nn2c1N(Cc1ccc(CCCO)c(C(F)(F)F)c1)CC2)c1ccc(C(=O)O)cc1. The van der Waals surface area contributed by atoms with Crippen LogP contribution in [0.2, 0.25) is 0 Å². The maximum Gasteiger partial charge on any atom is 0.436 e. The van der Waals surface area contributed by atoms with Gasteiger partial charge in [0.05, 0.1) is 23.7 Å². The van der Waals surface area contributed by atoms with E-state index in [0.29, 0.717) is 5.56 Å². The molecule has 0 saturated carbocycles. The van der Waals surface area contributed by atoms with E-state index in [1.54, 1.807) is 0 Å². The molecule has 8 nitrogen and oxygen atoms in total. The number of anilines is 1. The number of hydrogen-bond donors (Lipinski definition) is 3. The molecule has 41 heavy (non-hydrogen) atoms. The minimum Gasteiger partial charge on any atom is -0.478 e. The van der Waals surface area contributed by atoms with Crippen LogP contribution in [0.3, 0.4) is 0 Å². The van der Waals surface area contributed by atoms with Gasteiger partial charge in [0.2, 0.25) is 0 Å². The fourth-order valence-corrected chi connectivity index (χ4v) is 4.77. The number of amides is 1. The largest absolute Gasteiger partial charge is 0.478 e. The molecule has 3 aromatic rings. The Labute approximate surface area is 230 Å². The molecule has 1 unspecified atom stereocenters. The number of hydrogen-bond acceptors (Lipinski definition) is 5. The van der Waals surface area contributed by atoms with Gasteiger partial charge in [-0.25, -0.2) is 9.48 Å². The second-order valence-corrected chi connectivity index (χ2v) is 9.63. The van der Waals surface area contributed by atoms with Crippen molar-refractivity contribution in [2.75, 3.05) is 18.1 Å². The van der Waals surface area contributed by atoms with Gasteiger partial charge in [-0.05, 0) is 54.7 Å². The summed E-state index contributed by atoms with van der Waals surface area (Å²) in [7, 11) is 0. The molecule has 2 aromatic carbocycles. The van der Waals surface area contributed by atoms with Crippen molar-refractivity contribution < 1.29 is 46.1 Å². The predicted octanol–water partition coefficient (Wildman–Crippen LogP) is 5.06. The molecule has 14 heteroatoms. The third-order valence-electron chi connectivity index (χ3n) is 6.77. The van der Waals surface area contributed by atoms with Crippen molar-refractivity contribution in [3.63, 3.8) is 0 Å². The lowest BCUT2D eigenvalue weighted by molar-refractivity contribution is -0.142. The van der Waals surface area contributed by atoms with Gasteiger partial charge >= 0.3 is 18.3 Å². The van der Waals surface area contributed by atoms with E-state index in [4.69, 9.17) is 10.2 Å². The first kappa shape index (κ1) is 29.9. The topological polar surface area (TPSA) is 108 Å². The van der Waals surface area contributed by atoms with Crippen molar-refractivity contribution in [1.29, 1.82) is 0 Å². The van der Waals surface area contributed by atoms with Crippen molar-refractivity contribution in [2.45, 2.75) is 51.2 Å². The van der Waals surface area contributed by atoms with Crippen LogP contribution in [0, 0.1) is 0 Å². The van der Waals surface area contributed by atoms with Gasteiger partial charge < -0.3 is 20.4 Å². The molecule has 1 amide bonds. The highest BCUT2D eigenvalue weighted by Crippen LogP contribution is 2.39. The Morgan fingerprint density at radius 1 is 1.02 bits per heavy atom. The summed E-state index contributed by atoms with van der Waals surface area (Å²) in [5.74, 6) is -2.42. The number of aliphatic hydroxyl groups is 1. The number of carboxylic acid groups (broad SMARTS) is 1. The molecule has 0 fully saturated rings. The van der Waals surface area contributed by atoms with Crippen LogP contribution in [-0.2, 0) is 31.9 Å². The van der Waals surface area contributed by atoms with Crippen molar-refractivity contribution >= 4 is 17.7 Å². The number of rotatable bonds is 9. The third kappa shape index (κ3) is 6.47. The van der Waals surface area contributed by atoms with Crippen LogP contribution in [0.4, 0.5) is 32.2 Å². The van der Waals surface area contributed by atoms with Gasteiger partial charge in [0.25, 0.3) is 5.91 Å². The smallest absolute Gasteiger partial charge is 0.436 e. The first-order valence-corrected chi connectivity index (χ1v) is 12.6. The number of aromatic nitrogens is 2. The number of carboxylic acids is 1. The lowest BCUT2D eigenvalue weighted by atomic mass is 9.99. The number of nitrogens with one attached hydrogen (secondary N) is 1. The Kier molecular flexibility index (Phi) is 8.34. The van der Waals surface area contributed by atoms with Crippen LogP contribution in [0.5, 0.6) is 0 Å². The highest BCUT2D eigenvalue weighted by molar-refractivity contribution is 6.01. The van der Waals surface area contributed by atoms with Crippen LogP contribution < -0.4 is 10.2 Å². The fraction of sp³-hybridized carbons (Fsp3) is 0.370. The van der Waals surface area contributed by atoms with Gasteiger partial charge in [0.15, 0.2) is 5.69 Å². The first-order valence-electron chi connectivity index (χ1n) is 12.6. The van der Waals surface area contributed by atoms with Gasteiger partial charge in [-0.3, -0.25) is 4.79 Å². The quantitative estimate of drug-likeness (QED) is 0.304. The highest BCUT2D eigenvalue weighted by atomic mass is 19.4.